The second-order valence-corrected chi connectivity index (χ2v) is 5.88. The van der Waals surface area contributed by atoms with Crippen molar-refractivity contribution in [2.75, 3.05) is 0 Å². The van der Waals surface area contributed by atoms with Gasteiger partial charge in [-0.25, -0.2) is 4.98 Å². The summed E-state index contributed by atoms with van der Waals surface area (Å²) in [5.41, 5.74) is 0. The average molecular weight is 288 g/mol. The second kappa shape index (κ2) is 5.32. The Bertz CT molecular complexity index is 334. The summed E-state index contributed by atoms with van der Waals surface area (Å²) >= 11 is 5.17. The van der Waals surface area contributed by atoms with Gasteiger partial charge in [-0.05, 0) is 40.9 Å². The SMILES string of the molecule is O[C@H]1CCCC[C@@H]1Sc1ncccc1Br. The Balaban J connectivity index is 2.04. The van der Waals surface area contributed by atoms with E-state index in [-0.39, 0.29) is 6.10 Å². The molecule has 0 aromatic carbocycles. The first-order valence-electron chi connectivity index (χ1n) is 5.22. The van der Waals surface area contributed by atoms with Crippen LogP contribution in [0.5, 0.6) is 0 Å². The van der Waals surface area contributed by atoms with E-state index in [1.165, 1.54) is 6.42 Å². The van der Waals surface area contributed by atoms with Gasteiger partial charge in [0.25, 0.3) is 0 Å². The second-order valence-electron chi connectivity index (χ2n) is 3.80. The van der Waals surface area contributed by atoms with Gasteiger partial charge in [0.2, 0.25) is 0 Å². The van der Waals surface area contributed by atoms with Gasteiger partial charge in [-0.15, -0.1) is 0 Å². The van der Waals surface area contributed by atoms with Gasteiger partial charge in [-0.1, -0.05) is 24.6 Å². The van der Waals surface area contributed by atoms with Crippen LogP contribution in [0.3, 0.4) is 0 Å². The molecule has 1 aromatic rings. The van der Waals surface area contributed by atoms with E-state index in [0.29, 0.717) is 5.25 Å². The highest BCUT2D eigenvalue weighted by Crippen LogP contribution is 2.35. The minimum absolute atomic E-state index is 0.169. The quantitative estimate of drug-likeness (QED) is 0.907. The number of aliphatic hydroxyl groups is 1. The van der Waals surface area contributed by atoms with Crippen molar-refractivity contribution in [2.24, 2.45) is 0 Å². The van der Waals surface area contributed by atoms with Crippen LogP contribution in [-0.4, -0.2) is 21.4 Å². The number of rotatable bonds is 2. The maximum absolute atomic E-state index is 9.86. The maximum Gasteiger partial charge on any atom is 0.111 e. The minimum atomic E-state index is -0.169. The summed E-state index contributed by atoms with van der Waals surface area (Å²) in [7, 11) is 0. The molecule has 4 heteroatoms. The highest BCUT2D eigenvalue weighted by molar-refractivity contribution is 9.10. The maximum atomic E-state index is 9.86. The largest absolute Gasteiger partial charge is 0.392 e. The molecule has 1 aromatic heterocycles. The molecule has 1 aliphatic rings. The molecule has 2 rings (SSSR count). The van der Waals surface area contributed by atoms with Gasteiger partial charge in [0.15, 0.2) is 0 Å². The summed E-state index contributed by atoms with van der Waals surface area (Å²) in [6.07, 6.45) is 6.03. The predicted octanol–water partition coefficient (Wildman–Crippen LogP) is 3.24. The molecule has 0 unspecified atom stereocenters. The van der Waals surface area contributed by atoms with E-state index >= 15 is 0 Å². The average Bonchev–Trinajstić information content (AvgIpc) is 2.24. The number of hydrogen-bond acceptors (Lipinski definition) is 3. The van der Waals surface area contributed by atoms with E-state index < -0.39 is 0 Å². The molecule has 0 saturated heterocycles. The van der Waals surface area contributed by atoms with Crippen LogP contribution in [0.4, 0.5) is 0 Å². The van der Waals surface area contributed by atoms with Crippen molar-refractivity contribution in [3.63, 3.8) is 0 Å². The van der Waals surface area contributed by atoms with Crippen LogP contribution in [0.1, 0.15) is 25.7 Å². The Morgan fingerprint density at radius 3 is 2.93 bits per heavy atom. The number of aromatic nitrogens is 1. The topological polar surface area (TPSA) is 33.1 Å². The molecule has 0 amide bonds. The first-order chi connectivity index (χ1) is 7.27. The summed E-state index contributed by atoms with van der Waals surface area (Å²) in [5, 5.41) is 11.2. The molecule has 2 atom stereocenters. The van der Waals surface area contributed by atoms with Gasteiger partial charge in [-0.2, -0.15) is 0 Å². The highest BCUT2D eigenvalue weighted by Gasteiger charge is 2.24. The zero-order chi connectivity index (χ0) is 10.7. The van der Waals surface area contributed by atoms with E-state index in [9.17, 15) is 5.11 Å². The van der Waals surface area contributed by atoms with E-state index in [0.717, 1.165) is 28.8 Å². The lowest BCUT2D eigenvalue weighted by Crippen LogP contribution is -2.26. The van der Waals surface area contributed by atoms with Crippen LogP contribution >= 0.6 is 27.7 Å². The van der Waals surface area contributed by atoms with Gasteiger partial charge >= 0.3 is 0 Å². The number of hydrogen-bond donors (Lipinski definition) is 1. The van der Waals surface area contributed by atoms with Crippen molar-refractivity contribution in [1.29, 1.82) is 0 Å². The molecule has 1 heterocycles. The Morgan fingerprint density at radius 1 is 1.40 bits per heavy atom. The number of aliphatic hydroxyl groups excluding tert-OH is 1. The molecule has 1 saturated carbocycles. The van der Waals surface area contributed by atoms with Crippen molar-refractivity contribution in [3.05, 3.63) is 22.8 Å². The molecule has 1 fully saturated rings. The zero-order valence-electron chi connectivity index (χ0n) is 8.40. The van der Waals surface area contributed by atoms with Crippen molar-refractivity contribution in [2.45, 2.75) is 42.1 Å². The van der Waals surface area contributed by atoms with Crippen molar-refractivity contribution in [1.82, 2.24) is 4.98 Å². The normalized spacial score (nSPS) is 26.5. The first-order valence-corrected chi connectivity index (χ1v) is 6.90. The lowest BCUT2D eigenvalue weighted by molar-refractivity contribution is 0.137. The Kier molecular flexibility index (Phi) is 4.05. The van der Waals surface area contributed by atoms with Crippen LogP contribution in [0, 0.1) is 0 Å². The molecule has 2 nitrogen and oxygen atoms in total. The molecular formula is C11H14BrNOS. The zero-order valence-corrected chi connectivity index (χ0v) is 10.8. The smallest absolute Gasteiger partial charge is 0.111 e. The number of pyridine rings is 1. The third-order valence-electron chi connectivity index (χ3n) is 2.66. The van der Waals surface area contributed by atoms with Crippen molar-refractivity contribution in [3.8, 4) is 0 Å². The number of thioether (sulfide) groups is 1. The molecule has 0 radical (unpaired) electrons. The van der Waals surface area contributed by atoms with Crippen LogP contribution in [0.2, 0.25) is 0 Å². The summed E-state index contributed by atoms with van der Waals surface area (Å²) in [6.45, 7) is 0. The molecule has 1 N–H and O–H groups in total. The van der Waals surface area contributed by atoms with Crippen LogP contribution in [0.15, 0.2) is 27.8 Å². The fraction of sp³-hybridized carbons (Fsp3) is 0.545. The van der Waals surface area contributed by atoms with Gasteiger partial charge < -0.3 is 5.11 Å². The lowest BCUT2D eigenvalue weighted by atomic mass is 9.97. The Morgan fingerprint density at radius 2 is 2.20 bits per heavy atom. The summed E-state index contributed by atoms with van der Waals surface area (Å²) in [6, 6.07) is 3.90. The van der Waals surface area contributed by atoms with E-state index in [4.69, 9.17) is 0 Å². The summed E-state index contributed by atoms with van der Waals surface area (Å²) in [4.78, 5) is 4.31. The molecule has 1 aliphatic carbocycles. The summed E-state index contributed by atoms with van der Waals surface area (Å²) in [5.74, 6) is 0. The summed E-state index contributed by atoms with van der Waals surface area (Å²) < 4.78 is 1.02. The van der Waals surface area contributed by atoms with E-state index in [1.807, 2.05) is 12.1 Å². The molecule has 0 aliphatic heterocycles. The van der Waals surface area contributed by atoms with Crippen LogP contribution in [0.25, 0.3) is 0 Å². The Hall–Kier alpha value is -0.0600. The number of nitrogens with zero attached hydrogens (tertiary/aromatic N) is 1. The van der Waals surface area contributed by atoms with Gasteiger partial charge in [0, 0.05) is 15.9 Å². The lowest BCUT2D eigenvalue weighted by Gasteiger charge is -2.26. The highest BCUT2D eigenvalue weighted by atomic mass is 79.9. The standard InChI is InChI=1S/C11H14BrNOS/c12-8-4-3-7-13-11(8)15-10-6-2-1-5-9(10)14/h3-4,7,9-10,14H,1-2,5-6H2/t9-,10-/m0/s1. The van der Waals surface area contributed by atoms with E-state index in [1.54, 1.807) is 18.0 Å². The molecule has 0 spiro atoms. The minimum Gasteiger partial charge on any atom is -0.392 e. The van der Waals surface area contributed by atoms with Gasteiger partial charge in [-0.3, -0.25) is 0 Å². The first kappa shape index (κ1) is 11.4. The monoisotopic (exact) mass is 287 g/mol. The third kappa shape index (κ3) is 2.95. The molecule has 82 valence electrons. The third-order valence-corrected chi connectivity index (χ3v) is 4.96. The Labute approximate surface area is 103 Å². The van der Waals surface area contributed by atoms with Crippen molar-refractivity contribution >= 4 is 27.7 Å². The van der Waals surface area contributed by atoms with E-state index in [2.05, 4.69) is 20.9 Å². The fourth-order valence-corrected chi connectivity index (χ4v) is 3.52. The number of halogens is 1. The van der Waals surface area contributed by atoms with Crippen LogP contribution in [-0.2, 0) is 0 Å². The van der Waals surface area contributed by atoms with Crippen molar-refractivity contribution < 1.29 is 5.11 Å². The van der Waals surface area contributed by atoms with Crippen LogP contribution < -0.4 is 0 Å². The van der Waals surface area contributed by atoms with Gasteiger partial charge in [0.05, 0.1) is 6.10 Å². The molecular weight excluding hydrogens is 274 g/mol. The predicted molar refractivity (Wildman–Crippen MR) is 66.1 cm³/mol. The fourth-order valence-electron chi connectivity index (χ4n) is 1.82. The van der Waals surface area contributed by atoms with Gasteiger partial charge in [0.1, 0.15) is 5.03 Å². The molecule has 0 bridgehead atoms. The molecule has 15 heavy (non-hydrogen) atoms.